The lowest BCUT2D eigenvalue weighted by atomic mass is 9.87. The smallest absolute Gasteiger partial charge is 0.338 e. The SMILES string of the molecule is C/C=C(/OC)[C@@H](OC(=O)C(OCC(C)C)[C@H](Cl)C(=O)OC)[C@@H]1CN(CCC)CCc2cc3c(cc21)OCO3. The minimum atomic E-state index is -1.37. The van der Waals surface area contributed by atoms with Gasteiger partial charge in [0, 0.05) is 19.0 Å². The van der Waals surface area contributed by atoms with Crippen LogP contribution in [-0.4, -0.2) is 81.7 Å². The van der Waals surface area contributed by atoms with Crippen molar-refractivity contribution in [1.29, 1.82) is 0 Å². The lowest BCUT2D eigenvalue weighted by Crippen LogP contribution is -2.44. The Morgan fingerprint density at radius 2 is 1.87 bits per heavy atom. The minimum absolute atomic E-state index is 0.105. The number of alkyl halides is 1. The Kier molecular flexibility index (Phi) is 11.1. The summed E-state index contributed by atoms with van der Waals surface area (Å²) in [5.41, 5.74) is 2.10. The van der Waals surface area contributed by atoms with Crippen LogP contribution in [0.3, 0.4) is 0 Å². The van der Waals surface area contributed by atoms with E-state index in [-0.39, 0.29) is 25.2 Å². The zero-order chi connectivity index (χ0) is 27.8. The third-order valence-corrected chi connectivity index (χ3v) is 7.08. The second-order valence-corrected chi connectivity index (χ2v) is 10.4. The van der Waals surface area contributed by atoms with E-state index in [1.807, 2.05) is 32.9 Å². The van der Waals surface area contributed by atoms with Gasteiger partial charge in [-0.3, -0.25) is 4.79 Å². The summed E-state index contributed by atoms with van der Waals surface area (Å²) in [5.74, 6) is 0.140. The van der Waals surface area contributed by atoms with Crippen LogP contribution in [0.1, 0.15) is 51.2 Å². The molecule has 0 saturated heterocycles. The molecule has 1 aromatic carbocycles. The van der Waals surface area contributed by atoms with Crippen molar-refractivity contribution < 1.29 is 38.0 Å². The molecular formula is C28H40ClNO8. The number of carbonyl (C=O) groups is 2. The molecule has 0 fully saturated rings. The Morgan fingerprint density at radius 3 is 2.47 bits per heavy atom. The summed E-state index contributed by atoms with van der Waals surface area (Å²) in [6, 6.07) is 3.99. The Morgan fingerprint density at radius 1 is 1.16 bits per heavy atom. The van der Waals surface area contributed by atoms with Gasteiger partial charge in [-0.1, -0.05) is 20.8 Å². The zero-order valence-electron chi connectivity index (χ0n) is 23.2. The van der Waals surface area contributed by atoms with Gasteiger partial charge in [0.1, 0.15) is 5.76 Å². The van der Waals surface area contributed by atoms with Crippen molar-refractivity contribution in [2.75, 3.05) is 47.3 Å². The normalized spacial score (nSPS) is 19.8. The molecule has 212 valence electrons. The van der Waals surface area contributed by atoms with Crippen LogP contribution >= 0.6 is 11.6 Å². The predicted octanol–water partition coefficient (Wildman–Crippen LogP) is 4.05. The maximum absolute atomic E-state index is 13.6. The first-order valence-electron chi connectivity index (χ1n) is 13.1. The molecule has 0 amide bonds. The summed E-state index contributed by atoms with van der Waals surface area (Å²) in [7, 11) is 2.76. The van der Waals surface area contributed by atoms with Gasteiger partial charge in [0.25, 0.3) is 0 Å². The van der Waals surface area contributed by atoms with Crippen molar-refractivity contribution in [3.8, 4) is 11.5 Å². The van der Waals surface area contributed by atoms with Crippen LogP contribution in [0.4, 0.5) is 0 Å². The van der Waals surface area contributed by atoms with Gasteiger partial charge in [-0.2, -0.15) is 0 Å². The van der Waals surface area contributed by atoms with Gasteiger partial charge in [0.2, 0.25) is 6.79 Å². The summed E-state index contributed by atoms with van der Waals surface area (Å²) in [6.45, 7) is 10.6. The number of esters is 2. The monoisotopic (exact) mass is 553 g/mol. The summed E-state index contributed by atoms with van der Waals surface area (Å²) >= 11 is 6.34. The predicted molar refractivity (Wildman–Crippen MR) is 143 cm³/mol. The van der Waals surface area contributed by atoms with Gasteiger partial charge in [-0.15, -0.1) is 11.6 Å². The second kappa shape index (κ2) is 14.1. The van der Waals surface area contributed by atoms with Crippen molar-refractivity contribution in [2.24, 2.45) is 5.92 Å². The third-order valence-electron chi connectivity index (χ3n) is 6.67. The van der Waals surface area contributed by atoms with Gasteiger partial charge >= 0.3 is 11.9 Å². The lowest BCUT2D eigenvalue weighted by Gasteiger charge is -2.33. The van der Waals surface area contributed by atoms with Crippen LogP contribution in [0.2, 0.25) is 0 Å². The second-order valence-electron chi connectivity index (χ2n) is 9.89. The molecule has 38 heavy (non-hydrogen) atoms. The van der Waals surface area contributed by atoms with E-state index >= 15 is 0 Å². The number of ether oxygens (including phenoxy) is 6. The molecule has 0 N–H and O–H groups in total. The molecule has 1 unspecified atom stereocenters. The number of halogens is 1. The summed E-state index contributed by atoms with van der Waals surface area (Å²) < 4.78 is 33.8. The first kappa shape index (κ1) is 30.1. The molecule has 2 aliphatic heterocycles. The van der Waals surface area contributed by atoms with Crippen molar-refractivity contribution >= 4 is 23.5 Å². The Hall–Kier alpha value is -2.49. The van der Waals surface area contributed by atoms with Gasteiger partial charge < -0.3 is 33.3 Å². The molecule has 0 radical (unpaired) electrons. The molecule has 10 heteroatoms. The zero-order valence-corrected chi connectivity index (χ0v) is 23.9. The summed E-state index contributed by atoms with van der Waals surface area (Å²) in [5, 5.41) is -1.37. The Bertz CT molecular complexity index is 997. The highest BCUT2D eigenvalue weighted by Crippen LogP contribution is 2.41. The molecule has 0 aliphatic carbocycles. The molecule has 9 nitrogen and oxygen atoms in total. The number of methoxy groups -OCH3 is 2. The van der Waals surface area contributed by atoms with Crippen LogP contribution < -0.4 is 9.47 Å². The Labute approximate surface area is 230 Å². The molecule has 3 rings (SSSR count). The number of rotatable bonds is 12. The maximum Gasteiger partial charge on any atom is 0.338 e. The standard InChI is InChI=1S/C28H40ClNO8/c1-7-10-30-11-9-18-12-22-23(37-16-36-22)13-19(18)20(14-30)25(21(8-2)33-5)38-28(32)26(35-15-17(3)4)24(29)27(31)34-6/h8,12-13,17,20,24-26H,7,9-11,14-16H2,1-6H3/b21-8+/t20-,24+,25+,26?/m1/s1. The molecular weight excluding hydrogens is 514 g/mol. The molecule has 0 bridgehead atoms. The van der Waals surface area contributed by atoms with E-state index in [2.05, 4.69) is 11.8 Å². The van der Waals surface area contributed by atoms with Crippen molar-refractivity contribution in [3.05, 3.63) is 35.1 Å². The molecule has 1 aromatic rings. The fraction of sp³-hybridized carbons (Fsp3) is 0.643. The van der Waals surface area contributed by atoms with E-state index in [0.29, 0.717) is 23.8 Å². The fourth-order valence-corrected chi connectivity index (χ4v) is 5.08. The number of fused-ring (bicyclic) bond motifs is 2. The minimum Gasteiger partial charge on any atom is -0.497 e. The van der Waals surface area contributed by atoms with Crippen LogP contribution in [0, 0.1) is 5.92 Å². The summed E-state index contributed by atoms with van der Waals surface area (Å²) in [4.78, 5) is 28.2. The lowest BCUT2D eigenvalue weighted by molar-refractivity contribution is -0.168. The average Bonchev–Trinajstić information content (AvgIpc) is 3.29. The molecule has 4 atom stereocenters. The highest BCUT2D eigenvalue weighted by molar-refractivity contribution is 6.31. The first-order valence-corrected chi connectivity index (χ1v) is 13.6. The highest BCUT2D eigenvalue weighted by Gasteiger charge is 2.41. The first-order chi connectivity index (χ1) is 18.2. The third kappa shape index (κ3) is 7.12. The average molecular weight is 554 g/mol. The van der Waals surface area contributed by atoms with Gasteiger partial charge in [-0.25, -0.2) is 4.79 Å². The quantitative estimate of drug-likeness (QED) is 0.216. The molecule has 2 aliphatic rings. The largest absolute Gasteiger partial charge is 0.497 e. The number of hydrogen-bond donors (Lipinski definition) is 0. The molecule has 0 aromatic heterocycles. The van der Waals surface area contributed by atoms with Crippen LogP contribution in [0.15, 0.2) is 24.0 Å². The van der Waals surface area contributed by atoms with E-state index in [9.17, 15) is 9.59 Å². The van der Waals surface area contributed by atoms with E-state index in [0.717, 1.165) is 37.1 Å². The van der Waals surface area contributed by atoms with E-state index in [1.165, 1.54) is 7.11 Å². The van der Waals surface area contributed by atoms with Gasteiger partial charge in [-0.05, 0) is 61.6 Å². The van der Waals surface area contributed by atoms with Crippen LogP contribution in [0.25, 0.3) is 0 Å². The van der Waals surface area contributed by atoms with E-state index in [4.69, 9.17) is 40.0 Å². The highest BCUT2D eigenvalue weighted by atomic mass is 35.5. The molecule has 2 heterocycles. The maximum atomic E-state index is 13.6. The van der Waals surface area contributed by atoms with Crippen LogP contribution in [-0.2, 0) is 35.0 Å². The number of nitrogens with zero attached hydrogens (tertiary/aromatic N) is 1. The number of carbonyl (C=O) groups excluding carboxylic acids is 2. The van der Waals surface area contributed by atoms with Crippen molar-refractivity contribution in [2.45, 2.75) is 64.0 Å². The van der Waals surface area contributed by atoms with E-state index in [1.54, 1.807) is 13.2 Å². The van der Waals surface area contributed by atoms with Crippen molar-refractivity contribution in [3.63, 3.8) is 0 Å². The number of allylic oxidation sites excluding steroid dienone is 1. The van der Waals surface area contributed by atoms with E-state index < -0.39 is 29.5 Å². The molecule has 0 spiro atoms. The number of hydrogen-bond acceptors (Lipinski definition) is 9. The van der Waals surface area contributed by atoms with Crippen molar-refractivity contribution in [1.82, 2.24) is 4.90 Å². The fourth-order valence-electron chi connectivity index (χ4n) is 4.82. The summed E-state index contributed by atoms with van der Waals surface area (Å²) in [6.07, 6.45) is 1.42. The Balaban J connectivity index is 2.02. The van der Waals surface area contributed by atoms with Gasteiger partial charge in [0.05, 0.1) is 20.8 Å². The molecule has 0 saturated carbocycles. The van der Waals surface area contributed by atoms with Crippen LogP contribution in [0.5, 0.6) is 11.5 Å². The number of benzene rings is 1. The van der Waals surface area contributed by atoms with Gasteiger partial charge in [0.15, 0.2) is 29.1 Å². The topological polar surface area (TPSA) is 92.8 Å².